The molecule has 2 N–H and O–H groups in total. The molecule has 0 saturated carbocycles. The summed E-state index contributed by atoms with van der Waals surface area (Å²) in [5.41, 5.74) is 1.68. The fraction of sp³-hybridized carbons (Fsp3) is 0.143. The Kier molecular flexibility index (Phi) is 3.68. The quantitative estimate of drug-likeness (QED) is 0.832. The number of hydrogen-bond donors (Lipinski definition) is 2. The molecule has 0 unspecified atom stereocenters. The first-order valence-electron chi connectivity index (χ1n) is 6.58. The first-order chi connectivity index (χ1) is 10.4. The lowest BCUT2D eigenvalue weighted by molar-refractivity contribution is 0.276. The lowest BCUT2D eigenvalue weighted by atomic mass is 9.79. The van der Waals surface area contributed by atoms with E-state index in [0.717, 1.165) is 17.7 Å². The molecule has 0 bridgehead atoms. The maximum absolute atomic E-state index is 13.6. The van der Waals surface area contributed by atoms with Crippen LogP contribution in [-0.4, -0.2) is 20.6 Å². The Morgan fingerprint density at radius 3 is 2.64 bits per heavy atom. The minimum atomic E-state index is -3.84. The summed E-state index contributed by atoms with van der Waals surface area (Å²) < 4.78 is 45.7. The topological polar surface area (TPSA) is 75.6 Å². The minimum Gasteiger partial charge on any atom is -0.423 e. The van der Waals surface area contributed by atoms with E-state index in [-0.39, 0.29) is 22.7 Å². The third-order valence-corrected chi connectivity index (χ3v) is 4.86. The van der Waals surface area contributed by atoms with Gasteiger partial charge in [-0.1, -0.05) is 17.7 Å². The zero-order chi connectivity index (χ0) is 15.9. The summed E-state index contributed by atoms with van der Waals surface area (Å²) >= 11 is 0. The molecule has 0 saturated heterocycles. The van der Waals surface area contributed by atoms with E-state index in [4.69, 9.17) is 4.65 Å². The Labute approximate surface area is 127 Å². The molecule has 1 heterocycles. The van der Waals surface area contributed by atoms with E-state index < -0.39 is 23.0 Å². The SMILES string of the molecule is Cc1ccc(S(=O)(=O)Nc2cc(F)cc3c2COB3O)cc1. The Hall–Kier alpha value is -1.90. The van der Waals surface area contributed by atoms with Crippen molar-refractivity contribution >= 4 is 28.3 Å². The molecule has 0 amide bonds. The highest BCUT2D eigenvalue weighted by Crippen LogP contribution is 2.24. The van der Waals surface area contributed by atoms with Crippen molar-refractivity contribution in [2.45, 2.75) is 18.4 Å². The van der Waals surface area contributed by atoms with Crippen LogP contribution in [0.2, 0.25) is 0 Å². The number of anilines is 1. The summed E-state index contributed by atoms with van der Waals surface area (Å²) in [4.78, 5) is 0.0792. The lowest BCUT2D eigenvalue weighted by Gasteiger charge is -2.12. The van der Waals surface area contributed by atoms with Gasteiger partial charge in [0.15, 0.2) is 0 Å². The van der Waals surface area contributed by atoms with Crippen molar-refractivity contribution in [3.8, 4) is 0 Å². The molecule has 22 heavy (non-hydrogen) atoms. The zero-order valence-corrected chi connectivity index (χ0v) is 12.5. The van der Waals surface area contributed by atoms with Gasteiger partial charge in [0.2, 0.25) is 0 Å². The summed E-state index contributed by atoms with van der Waals surface area (Å²) in [6.45, 7) is 1.87. The Morgan fingerprint density at radius 1 is 1.27 bits per heavy atom. The van der Waals surface area contributed by atoms with Crippen LogP contribution in [0.4, 0.5) is 10.1 Å². The van der Waals surface area contributed by atoms with E-state index in [2.05, 4.69) is 4.72 Å². The summed E-state index contributed by atoms with van der Waals surface area (Å²) in [7, 11) is -5.08. The van der Waals surface area contributed by atoms with Gasteiger partial charge in [-0.2, -0.15) is 0 Å². The molecule has 5 nitrogen and oxygen atoms in total. The summed E-state index contributed by atoms with van der Waals surface area (Å²) in [6.07, 6.45) is 0. The molecule has 114 valence electrons. The Morgan fingerprint density at radius 2 is 1.95 bits per heavy atom. The van der Waals surface area contributed by atoms with Gasteiger partial charge in [0.05, 0.1) is 17.2 Å². The molecule has 0 radical (unpaired) electrons. The molecule has 1 aliphatic heterocycles. The molecule has 0 aliphatic carbocycles. The van der Waals surface area contributed by atoms with Gasteiger partial charge >= 0.3 is 7.12 Å². The smallest absolute Gasteiger partial charge is 0.423 e. The van der Waals surface area contributed by atoms with Gasteiger partial charge in [0, 0.05) is 5.56 Å². The number of fused-ring (bicyclic) bond motifs is 1. The average Bonchev–Trinajstić information content (AvgIpc) is 2.81. The van der Waals surface area contributed by atoms with Crippen LogP contribution in [-0.2, 0) is 21.3 Å². The maximum atomic E-state index is 13.6. The number of sulfonamides is 1. The van der Waals surface area contributed by atoms with Gasteiger partial charge in [-0.05, 0) is 36.7 Å². The standard InChI is InChI=1S/C14H13BFNO4S/c1-9-2-4-11(5-3-9)22(19,20)17-14-7-10(16)6-13-12(14)8-21-15(13)18/h2-7,17-18H,8H2,1H3. The molecular formula is C14H13BFNO4S. The number of nitrogens with one attached hydrogen (secondary N) is 1. The molecule has 2 aromatic carbocycles. The summed E-state index contributed by atoms with van der Waals surface area (Å²) in [6, 6.07) is 8.52. The van der Waals surface area contributed by atoms with Crippen molar-refractivity contribution in [3.05, 3.63) is 53.3 Å². The third kappa shape index (κ3) is 2.72. The van der Waals surface area contributed by atoms with Crippen LogP contribution in [0.5, 0.6) is 0 Å². The highest BCUT2D eigenvalue weighted by molar-refractivity contribution is 7.92. The van der Waals surface area contributed by atoms with Gasteiger partial charge in [0.25, 0.3) is 10.0 Å². The molecule has 8 heteroatoms. The summed E-state index contributed by atoms with van der Waals surface area (Å²) in [5, 5.41) is 9.61. The second kappa shape index (κ2) is 5.38. The number of aryl methyl sites for hydroxylation is 1. The number of hydrogen-bond acceptors (Lipinski definition) is 4. The number of halogens is 1. The Balaban J connectivity index is 2.00. The van der Waals surface area contributed by atoms with Crippen molar-refractivity contribution in [1.82, 2.24) is 0 Å². The monoisotopic (exact) mass is 321 g/mol. The van der Waals surface area contributed by atoms with Crippen LogP contribution in [0.15, 0.2) is 41.3 Å². The lowest BCUT2D eigenvalue weighted by Crippen LogP contribution is -2.29. The predicted molar refractivity (Wildman–Crippen MR) is 80.8 cm³/mol. The summed E-state index contributed by atoms with van der Waals surface area (Å²) in [5.74, 6) is -0.648. The van der Waals surface area contributed by atoms with Crippen LogP contribution in [0.1, 0.15) is 11.1 Å². The van der Waals surface area contributed by atoms with Crippen molar-refractivity contribution in [2.24, 2.45) is 0 Å². The molecular weight excluding hydrogens is 308 g/mol. The largest absolute Gasteiger partial charge is 0.491 e. The van der Waals surface area contributed by atoms with Crippen LogP contribution in [0.25, 0.3) is 0 Å². The van der Waals surface area contributed by atoms with Gasteiger partial charge < -0.3 is 9.68 Å². The number of benzene rings is 2. The molecule has 2 aromatic rings. The van der Waals surface area contributed by atoms with Crippen LogP contribution in [0, 0.1) is 12.7 Å². The van der Waals surface area contributed by atoms with E-state index in [1.54, 1.807) is 12.1 Å². The minimum absolute atomic E-state index is 0.0164. The highest BCUT2D eigenvalue weighted by Gasteiger charge is 2.31. The van der Waals surface area contributed by atoms with E-state index in [9.17, 15) is 17.8 Å². The van der Waals surface area contributed by atoms with Crippen molar-refractivity contribution in [2.75, 3.05) is 4.72 Å². The van der Waals surface area contributed by atoms with Gasteiger partial charge in [-0.25, -0.2) is 12.8 Å². The maximum Gasteiger partial charge on any atom is 0.491 e. The predicted octanol–water partition coefficient (Wildman–Crippen LogP) is 1.15. The molecule has 0 spiro atoms. The van der Waals surface area contributed by atoms with Crippen molar-refractivity contribution in [1.29, 1.82) is 0 Å². The van der Waals surface area contributed by atoms with Crippen LogP contribution in [0.3, 0.4) is 0 Å². The second-order valence-corrected chi connectivity index (χ2v) is 6.79. The molecule has 0 atom stereocenters. The zero-order valence-electron chi connectivity index (χ0n) is 11.7. The molecule has 1 aliphatic rings. The van der Waals surface area contributed by atoms with Crippen LogP contribution < -0.4 is 10.2 Å². The van der Waals surface area contributed by atoms with E-state index in [1.807, 2.05) is 6.92 Å². The van der Waals surface area contributed by atoms with Gasteiger partial charge in [-0.15, -0.1) is 0 Å². The fourth-order valence-corrected chi connectivity index (χ4v) is 3.39. The van der Waals surface area contributed by atoms with Gasteiger partial charge in [-0.3, -0.25) is 4.72 Å². The van der Waals surface area contributed by atoms with Crippen LogP contribution >= 0.6 is 0 Å². The van der Waals surface area contributed by atoms with E-state index >= 15 is 0 Å². The van der Waals surface area contributed by atoms with E-state index in [0.29, 0.717) is 5.56 Å². The van der Waals surface area contributed by atoms with Gasteiger partial charge in [0.1, 0.15) is 5.82 Å². The fourth-order valence-electron chi connectivity index (χ4n) is 2.30. The first kappa shape index (κ1) is 15.0. The normalized spacial score (nSPS) is 14.0. The van der Waals surface area contributed by atoms with E-state index in [1.165, 1.54) is 12.1 Å². The molecule has 0 fully saturated rings. The number of rotatable bonds is 3. The Bertz CT molecular complexity index is 823. The first-order valence-corrected chi connectivity index (χ1v) is 8.06. The van der Waals surface area contributed by atoms with Crippen molar-refractivity contribution < 1.29 is 22.5 Å². The third-order valence-electron chi connectivity index (χ3n) is 3.48. The van der Waals surface area contributed by atoms with Crippen molar-refractivity contribution in [3.63, 3.8) is 0 Å². The second-order valence-electron chi connectivity index (χ2n) is 5.10. The molecule has 3 rings (SSSR count). The highest BCUT2D eigenvalue weighted by atomic mass is 32.2. The molecule has 0 aromatic heterocycles. The average molecular weight is 321 g/mol.